The predicted molar refractivity (Wildman–Crippen MR) is 126 cm³/mol. The number of benzene rings is 3. The van der Waals surface area contributed by atoms with E-state index < -0.39 is 36.2 Å². The molecule has 0 bridgehead atoms. The molecule has 1 heterocycles. The minimum absolute atomic E-state index is 0.0468. The Morgan fingerprint density at radius 3 is 2.06 bits per heavy atom. The Morgan fingerprint density at radius 2 is 1.46 bits per heavy atom. The van der Waals surface area contributed by atoms with Crippen molar-refractivity contribution in [3.8, 4) is 11.5 Å². The van der Waals surface area contributed by atoms with Gasteiger partial charge in [0, 0.05) is 12.5 Å². The number of rotatable bonds is 9. The summed E-state index contributed by atoms with van der Waals surface area (Å²) in [5.41, 5.74) is 1.39. The molecule has 2 amide bonds. The Hall–Kier alpha value is -4.46. The summed E-state index contributed by atoms with van der Waals surface area (Å²) in [4.78, 5) is 53.0. The van der Waals surface area contributed by atoms with Gasteiger partial charge in [-0.1, -0.05) is 42.5 Å². The highest BCUT2D eigenvalue weighted by atomic mass is 16.5. The molecule has 35 heavy (non-hydrogen) atoms. The maximum absolute atomic E-state index is 13.2. The van der Waals surface area contributed by atoms with Crippen LogP contribution in [0.15, 0.2) is 72.8 Å². The number of carbonyl (C=O) groups is 4. The number of ketones is 1. The lowest BCUT2D eigenvalue weighted by molar-refractivity contribution is -0.147. The van der Waals surface area contributed by atoms with Crippen LogP contribution in [-0.2, 0) is 16.0 Å². The number of fused-ring (bicyclic) bond motifs is 1. The SMILES string of the molecule is COc1ccc(C(=O)COC(=O)C(Cc2ccccc2)N2C(=O)c3ccccc3C2=O)c(OC)c1. The molecule has 0 saturated heterocycles. The molecule has 8 nitrogen and oxygen atoms in total. The topological polar surface area (TPSA) is 99.2 Å². The maximum atomic E-state index is 13.2. The molecule has 0 saturated carbocycles. The molecule has 8 heteroatoms. The standard InChI is InChI=1S/C27H23NO7/c1-33-18-12-13-21(24(15-18)34-2)23(29)16-35-27(32)22(14-17-8-4-3-5-9-17)28-25(30)19-10-6-7-11-20(19)26(28)31/h3-13,15,22H,14,16H2,1-2H3. The van der Waals surface area contributed by atoms with E-state index in [2.05, 4.69) is 0 Å². The second-order valence-electron chi connectivity index (χ2n) is 7.83. The number of ether oxygens (including phenoxy) is 3. The lowest BCUT2D eigenvalue weighted by Crippen LogP contribution is -2.47. The number of carbonyl (C=O) groups excluding carboxylic acids is 4. The fourth-order valence-electron chi connectivity index (χ4n) is 3.95. The summed E-state index contributed by atoms with van der Waals surface area (Å²) >= 11 is 0. The minimum Gasteiger partial charge on any atom is -0.497 e. The summed E-state index contributed by atoms with van der Waals surface area (Å²) in [6.45, 7) is -0.587. The van der Waals surface area contributed by atoms with Gasteiger partial charge in [0.2, 0.25) is 5.78 Å². The van der Waals surface area contributed by atoms with Gasteiger partial charge in [-0.25, -0.2) is 4.79 Å². The highest BCUT2D eigenvalue weighted by Crippen LogP contribution is 2.27. The largest absolute Gasteiger partial charge is 0.497 e. The number of esters is 1. The number of Topliss-reactive ketones (excluding diaryl/α,β-unsaturated/α-hetero) is 1. The van der Waals surface area contributed by atoms with E-state index >= 15 is 0 Å². The second-order valence-corrected chi connectivity index (χ2v) is 7.83. The van der Waals surface area contributed by atoms with E-state index in [0.717, 1.165) is 10.5 Å². The van der Waals surface area contributed by atoms with E-state index in [1.54, 1.807) is 60.7 Å². The molecule has 0 spiro atoms. The molecule has 178 valence electrons. The van der Waals surface area contributed by atoms with E-state index in [1.165, 1.54) is 20.3 Å². The van der Waals surface area contributed by atoms with E-state index in [-0.39, 0.29) is 28.9 Å². The molecule has 1 unspecified atom stereocenters. The molecule has 3 aromatic rings. The van der Waals surface area contributed by atoms with Gasteiger partial charge < -0.3 is 14.2 Å². The summed E-state index contributed by atoms with van der Waals surface area (Å²) in [7, 11) is 2.90. The van der Waals surface area contributed by atoms with Crippen molar-refractivity contribution in [2.75, 3.05) is 20.8 Å². The minimum atomic E-state index is -1.24. The van der Waals surface area contributed by atoms with Gasteiger partial charge in [0.05, 0.1) is 30.9 Å². The molecule has 0 radical (unpaired) electrons. The van der Waals surface area contributed by atoms with Crippen molar-refractivity contribution in [2.24, 2.45) is 0 Å². The molecule has 1 atom stereocenters. The van der Waals surface area contributed by atoms with Crippen LogP contribution in [0.4, 0.5) is 0 Å². The highest BCUT2D eigenvalue weighted by molar-refractivity contribution is 6.22. The molecule has 4 rings (SSSR count). The fourth-order valence-corrected chi connectivity index (χ4v) is 3.95. The fraction of sp³-hybridized carbons (Fsp3) is 0.185. The average Bonchev–Trinajstić information content (AvgIpc) is 3.15. The number of imide groups is 1. The van der Waals surface area contributed by atoms with Crippen LogP contribution < -0.4 is 9.47 Å². The number of methoxy groups -OCH3 is 2. The zero-order valence-corrected chi connectivity index (χ0v) is 19.2. The van der Waals surface area contributed by atoms with Crippen LogP contribution in [-0.4, -0.2) is 55.3 Å². The first-order valence-corrected chi connectivity index (χ1v) is 10.9. The second kappa shape index (κ2) is 10.2. The lowest BCUT2D eigenvalue weighted by atomic mass is 10.0. The summed E-state index contributed by atoms with van der Waals surface area (Å²) in [5.74, 6) is -1.74. The molecule has 0 aromatic heterocycles. The normalized spacial score (nSPS) is 13.3. The molecular formula is C27H23NO7. The first-order valence-electron chi connectivity index (χ1n) is 10.9. The van der Waals surface area contributed by atoms with E-state index in [9.17, 15) is 19.2 Å². The van der Waals surface area contributed by atoms with Gasteiger partial charge >= 0.3 is 5.97 Å². The van der Waals surface area contributed by atoms with Crippen LogP contribution in [0, 0.1) is 0 Å². The molecule has 1 aliphatic rings. The first kappa shape index (κ1) is 23.7. The van der Waals surface area contributed by atoms with Crippen molar-refractivity contribution in [3.05, 3.63) is 95.1 Å². The monoisotopic (exact) mass is 473 g/mol. The molecule has 0 fully saturated rings. The number of hydrogen-bond donors (Lipinski definition) is 0. The van der Waals surface area contributed by atoms with Crippen LogP contribution in [0.5, 0.6) is 11.5 Å². The number of amides is 2. The smallest absolute Gasteiger partial charge is 0.330 e. The molecule has 0 N–H and O–H groups in total. The Morgan fingerprint density at radius 1 is 0.829 bits per heavy atom. The highest BCUT2D eigenvalue weighted by Gasteiger charge is 2.43. The van der Waals surface area contributed by atoms with Crippen LogP contribution in [0.3, 0.4) is 0 Å². The van der Waals surface area contributed by atoms with Crippen molar-refractivity contribution in [2.45, 2.75) is 12.5 Å². The average molecular weight is 473 g/mol. The van der Waals surface area contributed by atoms with Crippen molar-refractivity contribution in [3.63, 3.8) is 0 Å². The zero-order chi connectivity index (χ0) is 24.9. The zero-order valence-electron chi connectivity index (χ0n) is 19.2. The van der Waals surface area contributed by atoms with Gasteiger partial charge in [0.15, 0.2) is 6.61 Å². The van der Waals surface area contributed by atoms with Gasteiger partial charge in [-0.2, -0.15) is 0 Å². The quantitative estimate of drug-likeness (QED) is 0.267. The van der Waals surface area contributed by atoms with Crippen LogP contribution in [0.2, 0.25) is 0 Å². The summed E-state index contributed by atoms with van der Waals surface area (Å²) in [6.07, 6.45) is 0.0468. The first-order chi connectivity index (χ1) is 16.9. The molecular weight excluding hydrogens is 450 g/mol. The van der Waals surface area contributed by atoms with Crippen LogP contribution in [0.25, 0.3) is 0 Å². The van der Waals surface area contributed by atoms with Crippen molar-refractivity contribution in [1.82, 2.24) is 4.90 Å². The van der Waals surface area contributed by atoms with Crippen molar-refractivity contribution >= 4 is 23.6 Å². The van der Waals surface area contributed by atoms with E-state index in [4.69, 9.17) is 14.2 Å². The van der Waals surface area contributed by atoms with Crippen molar-refractivity contribution < 1.29 is 33.4 Å². The van der Waals surface area contributed by atoms with Crippen LogP contribution in [0.1, 0.15) is 36.6 Å². The van der Waals surface area contributed by atoms with Crippen molar-refractivity contribution in [1.29, 1.82) is 0 Å². The third-order valence-electron chi connectivity index (χ3n) is 5.74. The number of hydrogen-bond acceptors (Lipinski definition) is 7. The predicted octanol–water partition coefficient (Wildman–Crippen LogP) is 3.34. The summed E-state index contributed by atoms with van der Waals surface area (Å²) in [6, 6.07) is 18.8. The lowest BCUT2D eigenvalue weighted by Gasteiger charge is -2.24. The molecule has 1 aliphatic heterocycles. The van der Waals surface area contributed by atoms with Gasteiger partial charge in [0.25, 0.3) is 11.8 Å². The third kappa shape index (κ3) is 4.77. The number of nitrogens with zero attached hydrogens (tertiary/aromatic N) is 1. The molecule has 3 aromatic carbocycles. The summed E-state index contributed by atoms with van der Waals surface area (Å²) < 4.78 is 15.7. The van der Waals surface area contributed by atoms with Gasteiger partial charge in [-0.3, -0.25) is 19.3 Å². The Balaban J connectivity index is 1.56. The maximum Gasteiger partial charge on any atom is 0.330 e. The van der Waals surface area contributed by atoms with Crippen LogP contribution >= 0.6 is 0 Å². The van der Waals surface area contributed by atoms with E-state index in [1.807, 2.05) is 6.07 Å². The van der Waals surface area contributed by atoms with Gasteiger partial charge in [0.1, 0.15) is 17.5 Å². The van der Waals surface area contributed by atoms with E-state index in [0.29, 0.717) is 5.75 Å². The third-order valence-corrected chi connectivity index (χ3v) is 5.74. The Bertz CT molecular complexity index is 1250. The van der Waals surface area contributed by atoms with Gasteiger partial charge in [-0.05, 0) is 29.8 Å². The Kier molecular flexibility index (Phi) is 6.91. The Labute approximate surface area is 202 Å². The summed E-state index contributed by atoms with van der Waals surface area (Å²) in [5, 5.41) is 0. The van der Waals surface area contributed by atoms with Gasteiger partial charge in [-0.15, -0.1) is 0 Å². The molecule has 0 aliphatic carbocycles.